The molecule has 18 heavy (non-hydrogen) atoms. The Morgan fingerprint density at radius 1 is 1.00 bits per heavy atom. The number of ether oxygens (including phenoxy) is 1. The lowest BCUT2D eigenvalue weighted by Crippen LogP contribution is -2.10. The Morgan fingerprint density at radius 2 is 1.67 bits per heavy atom. The first kappa shape index (κ1) is 12.7. The van der Waals surface area contributed by atoms with Crippen molar-refractivity contribution in [1.82, 2.24) is 0 Å². The Balaban J connectivity index is 1.98. The maximum absolute atomic E-state index is 5.68. The lowest BCUT2D eigenvalue weighted by atomic mass is 9.87. The molecule has 0 radical (unpaired) electrons. The molecule has 0 aliphatic carbocycles. The summed E-state index contributed by atoms with van der Waals surface area (Å²) in [5.41, 5.74) is 1.49. The monoisotopic (exact) mass is 244 g/mol. The van der Waals surface area contributed by atoms with Gasteiger partial charge >= 0.3 is 0 Å². The van der Waals surface area contributed by atoms with Gasteiger partial charge in [0.2, 0.25) is 0 Å². The molecule has 0 aliphatic rings. The van der Waals surface area contributed by atoms with Gasteiger partial charge in [0, 0.05) is 0 Å². The fourth-order valence-electron chi connectivity index (χ4n) is 1.77. The van der Waals surface area contributed by atoms with Crippen molar-refractivity contribution in [2.45, 2.75) is 39.7 Å². The van der Waals surface area contributed by atoms with E-state index < -0.39 is 0 Å². The summed E-state index contributed by atoms with van der Waals surface area (Å²) in [6.07, 6.45) is 0. The summed E-state index contributed by atoms with van der Waals surface area (Å²) in [6.45, 7) is 9.02. The van der Waals surface area contributed by atoms with E-state index >= 15 is 0 Å². The third kappa shape index (κ3) is 3.16. The molecule has 0 spiro atoms. The second-order valence-corrected chi connectivity index (χ2v) is 5.58. The highest BCUT2D eigenvalue weighted by molar-refractivity contribution is 5.31. The van der Waals surface area contributed by atoms with Crippen molar-refractivity contribution in [3.63, 3.8) is 0 Å². The molecule has 2 nitrogen and oxygen atoms in total. The van der Waals surface area contributed by atoms with Gasteiger partial charge in [-0.1, -0.05) is 32.9 Å². The number of benzene rings is 1. The van der Waals surface area contributed by atoms with Crippen LogP contribution in [0.15, 0.2) is 40.8 Å². The first-order valence-corrected chi connectivity index (χ1v) is 6.24. The number of rotatable bonds is 3. The van der Waals surface area contributed by atoms with Crippen molar-refractivity contribution in [2.24, 2.45) is 0 Å². The highest BCUT2D eigenvalue weighted by atomic mass is 16.5. The van der Waals surface area contributed by atoms with Crippen LogP contribution in [0.1, 0.15) is 37.9 Å². The van der Waals surface area contributed by atoms with Gasteiger partial charge in [-0.25, -0.2) is 0 Å². The molecule has 2 rings (SSSR count). The number of hydrogen-bond donors (Lipinski definition) is 0. The molecule has 1 aromatic heterocycles. The van der Waals surface area contributed by atoms with Crippen LogP contribution in [0.2, 0.25) is 0 Å². The van der Waals surface area contributed by atoms with Crippen molar-refractivity contribution in [2.75, 3.05) is 0 Å². The molecule has 0 N–H and O–H groups in total. The molecule has 1 heterocycles. The maximum atomic E-state index is 5.68. The second kappa shape index (κ2) is 4.89. The third-order valence-electron chi connectivity index (χ3n) is 2.90. The highest BCUT2D eigenvalue weighted by Crippen LogP contribution is 2.24. The summed E-state index contributed by atoms with van der Waals surface area (Å²) >= 11 is 0. The first-order valence-electron chi connectivity index (χ1n) is 6.24. The highest BCUT2D eigenvalue weighted by Gasteiger charge is 2.12. The number of aryl methyl sites for hydroxylation is 1. The van der Waals surface area contributed by atoms with Gasteiger partial charge in [-0.3, -0.25) is 0 Å². The molecule has 0 aliphatic heterocycles. The van der Waals surface area contributed by atoms with E-state index in [2.05, 4.69) is 32.9 Å². The Bertz CT molecular complexity index is 501. The fourth-order valence-corrected chi connectivity index (χ4v) is 1.77. The number of furan rings is 1. The average Bonchev–Trinajstić information content (AvgIpc) is 2.72. The molecule has 2 aromatic rings. The molecule has 96 valence electrons. The average molecular weight is 244 g/mol. The SMILES string of the molecule is Cc1ccc(COc2ccc(C(C)(C)C)cc2)o1. The van der Waals surface area contributed by atoms with E-state index in [4.69, 9.17) is 9.15 Å². The third-order valence-corrected chi connectivity index (χ3v) is 2.90. The lowest BCUT2D eigenvalue weighted by Gasteiger charge is -2.19. The van der Waals surface area contributed by atoms with Crippen molar-refractivity contribution in [1.29, 1.82) is 0 Å². The normalized spacial score (nSPS) is 11.6. The van der Waals surface area contributed by atoms with E-state index in [9.17, 15) is 0 Å². The summed E-state index contributed by atoms with van der Waals surface area (Å²) < 4.78 is 11.1. The van der Waals surface area contributed by atoms with Gasteiger partial charge in [0.15, 0.2) is 0 Å². The van der Waals surface area contributed by atoms with E-state index in [-0.39, 0.29) is 5.41 Å². The van der Waals surface area contributed by atoms with Crippen molar-refractivity contribution < 1.29 is 9.15 Å². The molecule has 0 saturated heterocycles. The van der Waals surface area contributed by atoms with Gasteiger partial charge in [0.1, 0.15) is 23.9 Å². The Hall–Kier alpha value is -1.70. The molecule has 0 fully saturated rings. The topological polar surface area (TPSA) is 22.4 Å². The zero-order chi connectivity index (χ0) is 13.2. The largest absolute Gasteiger partial charge is 0.486 e. The zero-order valence-electron chi connectivity index (χ0n) is 11.5. The molecular weight excluding hydrogens is 224 g/mol. The molecule has 1 aromatic carbocycles. The molecule has 0 unspecified atom stereocenters. The van der Waals surface area contributed by atoms with E-state index in [0.29, 0.717) is 6.61 Å². The van der Waals surface area contributed by atoms with Crippen LogP contribution in [0, 0.1) is 6.92 Å². The van der Waals surface area contributed by atoms with Crippen LogP contribution in [-0.2, 0) is 12.0 Å². The standard InChI is InChI=1S/C16H20O2/c1-12-5-8-15(18-12)11-17-14-9-6-13(7-10-14)16(2,3)4/h5-10H,11H2,1-4H3. The Labute approximate surface area is 109 Å². The smallest absolute Gasteiger partial charge is 0.146 e. The lowest BCUT2D eigenvalue weighted by molar-refractivity contribution is 0.267. The van der Waals surface area contributed by atoms with Gasteiger partial charge in [-0.05, 0) is 42.2 Å². The van der Waals surface area contributed by atoms with Crippen LogP contribution >= 0.6 is 0 Å². The molecule has 0 amide bonds. The fraction of sp³-hybridized carbons (Fsp3) is 0.375. The molecule has 0 bridgehead atoms. The predicted molar refractivity (Wildman–Crippen MR) is 72.9 cm³/mol. The van der Waals surface area contributed by atoms with Crippen LogP contribution in [-0.4, -0.2) is 0 Å². The summed E-state index contributed by atoms with van der Waals surface area (Å²) in [6, 6.07) is 12.1. The van der Waals surface area contributed by atoms with Crippen LogP contribution < -0.4 is 4.74 Å². The van der Waals surface area contributed by atoms with Gasteiger partial charge in [-0.15, -0.1) is 0 Å². The maximum Gasteiger partial charge on any atom is 0.146 e. The van der Waals surface area contributed by atoms with Crippen molar-refractivity contribution in [3.8, 4) is 5.75 Å². The van der Waals surface area contributed by atoms with Gasteiger partial charge in [0.05, 0.1) is 0 Å². The van der Waals surface area contributed by atoms with Gasteiger partial charge in [0.25, 0.3) is 0 Å². The zero-order valence-corrected chi connectivity index (χ0v) is 11.5. The van der Waals surface area contributed by atoms with Gasteiger partial charge < -0.3 is 9.15 Å². The Morgan fingerprint density at radius 3 is 2.17 bits per heavy atom. The minimum Gasteiger partial charge on any atom is -0.486 e. The first-order chi connectivity index (χ1) is 8.45. The van der Waals surface area contributed by atoms with E-state index in [1.54, 1.807) is 0 Å². The van der Waals surface area contributed by atoms with Crippen LogP contribution in [0.3, 0.4) is 0 Å². The van der Waals surface area contributed by atoms with E-state index in [0.717, 1.165) is 17.3 Å². The molecule has 2 heteroatoms. The summed E-state index contributed by atoms with van der Waals surface area (Å²) in [7, 11) is 0. The Kier molecular flexibility index (Phi) is 3.46. The second-order valence-electron chi connectivity index (χ2n) is 5.58. The summed E-state index contributed by atoms with van der Waals surface area (Å²) in [5.74, 6) is 2.64. The minimum atomic E-state index is 0.177. The van der Waals surface area contributed by atoms with Crippen molar-refractivity contribution >= 4 is 0 Å². The molecule has 0 atom stereocenters. The molecular formula is C16H20O2. The van der Waals surface area contributed by atoms with Crippen molar-refractivity contribution in [3.05, 3.63) is 53.5 Å². The van der Waals surface area contributed by atoms with Crippen LogP contribution in [0.25, 0.3) is 0 Å². The predicted octanol–water partition coefficient (Wildman–Crippen LogP) is 4.46. The van der Waals surface area contributed by atoms with Crippen LogP contribution in [0.5, 0.6) is 5.75 Å². The minimum absolute atomic E-state index is 0.177. The summed E-state index contributed by atoms with van der Waals surface area (Å²) in [5, 5.41) is 0. The summed E-state index contributed by atoms with van der Waals surface area (Å²) in [4.78, 5) is 0. The van der Waals surface area contributed by atoms with Gasteiger partial charge in [-0.2, -0.15) is 0 Å². The van der Waals surface area contributed by atoms with E-state index in [1.165, 1.54) is 5.56 Å². The quantitative estimate of drug-likeness (QED) is 0.795. The molecule has 0 saturated carbocycles. The number of hydrogen-bond acceptors (Lipinski definition) is 2. The van der Waals surface area contributed by atoms with Crippen LogP contribution in [0.4, 0.5) is 0 Å². The van der Waals surface area contributed by atoms with E-state index in [1.807, 2.05) is 31.2 Å².